The molecule has 0 amide bonds. The molecule has 1 aromatic heterocycles. The van der Waals surface area contributed by atoms with Gasteiger partial charge in [-0.15, -0.1) is 0 Å². The van der Waals surface area contributed by atoms with Crippen LogP contribution in [-0.4, -0.2) is 23.1 Å². The van der Waals surface area contributed by atoms with Gasteiger partial charge in [0.2, 0.25) is 0 Å². The Labute approximate surface area is 112 Å². The second-order valence-electron chi connectivity index (χ2n) is 4.53. The minimum Gasteiger partial charge on any atom is -0.494 e. The molecule has 0 spiro atoms. The maximum atomic E-state index is 5.46. The van der Waals surface area contributed by atoms with Crippen LogP contribution in [0.1, 0.15) is 18.2 Å². The van der Waals surface area contributed by atoms with Gasteiger partial charge in [0.05, 0.1) is 18.0 Å². The second kappa shape index (κ2) is 5.36. The lowest BCUT2D eigenvalue weighted by Crippen LogP contribution is -2.25. The van der Waals surface area contributed by atoms with Crippen LogP contribution >= 0.6 is 0 Å². The van der Waals surface area contributed by atoms with Crippen molar-refractivity contribution in [3.8, 4) is 17.0 Å². The van der Waals surface area contributed by atoms with E-state index in [4.69, 9.17) is 4.74 Å². The third-order valence-electron chi connectivity index (χ3n) is 3.31. The van der Waals surface area contributed by atoms with Gasteiger partial charge in [0.15, 0.2) is 0 Å². The molecule has 2 heterocycles. The van der Waals surface area contributed by atoms with E-state index in [9.17, 15) is 0 Å². The molecule has 0 aliphatic carbocycles. The molecular weight excluding hydrogens is 238 g/mol. The van der Waals surface area contributed by atoms with Crippen molar-refractivity contribution in [1.29, 1.82) is 0 Å². The van der Waals surface area contributed by atoms with Crippen molar-refractivity contribution >= 4 is 0 Å². The fourth-order valence-corrected chi connectivity index (χ4v) is 2.39. The average Bonchev–Trinajstić information content (AvgIpc) is 2.48. The summed E-state index contributed by atoms with van der Waals surface area (Å²) in [5.41, 5.74) is 4.53. The summed E-state index contributed by atoms with van der Waals surface area (Å²) in [6, 6.07) is 8.09. The molecule has 1 aliphatic rings. The lowest BCUT2D eigenvalue weighted by Gasteiger charge is -2.18. The number of nitrogens with one attached hydrogen (secondary N) is 1. The Balaban J connectivity index is 1.97. The average molecular weight is 255 g/mol. The molecule has 4 heteroatoms. The van der Waals surface area contributed by atoms with Crippen LogP contribution in [0.2, 0.25) is 0 Å². The van der Waals surface area contributed by atoms with Crippen LogP contribution in [0.15, 0.2) is 30.6 Å². The van der Waals surface area contributed by atoms with Crippen molar-refractivity contribution < 1.29 is 4.74 Å². The van der Waals surface area contributed by atoms with Gasteiger partial charge >= 0.3 is 0 Å². The summed E-state index contributed by atoms with van der Waals surface area (Å²) in [7, 11) is 0. The van der Waals surface area contributed by atoms with Gasteiger partial charge in [-0.1, -0.05) is 0 Å². The number of aromatic nitrogens is 2. The summed E-state index contributed by atoms with van der Waals surface area (Å²) in [4.78, 5) is 8.82. The van der Waals surface area contributed by atoms with E-state index in [-0.39, 0.29) is 0 Å². The van der Waals surface area contributed by atoms with Gasteiger partial charge in [-0.2, -0.15) is 0 Å². The molecule has 1 aromatic carbocycles. The summed E-state index contributed by atoms with van der Waals surface area (Å²) < 4.78 is 5.46. The van der Waals surface area contributed by atoms with Crippen LogP contribution in [0, 0.1) is 0 Å². The Hall–Kier alpha value is -1.94. The highest BCUT2D eigenvalue weighted by Gasteiger charge is 2.15. The van der Waals surface area contributed by atoms with Gasteiger partial charge < -0.3 is 10.1 Å². The minimum absolute atomic E-state index is 0.687. The predicted octanol–water partition coefficient (Wildman–Crippen LogP) is 2.19. The van der Waals surface area contributed by atoms with Crippen LogP contribution in [0.4, 0.5) is 0 Å². The van der Waals surface area contributed by atoms with E-state index in [1.54, 1.807) is 6.33 Å². The minimum atomic E-state index is 0.687. The summed E-state index contributed by atoms with van der Waals surface area (Å²) in [5, 5.41) is 3.38. The van der Waals surface area contributed by atoms with Crippen molar-refractivity contribution in [2.24, 2.45) is 0 Å². The molecule has 4 nitrogen and oxygen atoms in total. The summed E-state index contributed by atoms with van der Waals surface area (Å²) in [5.74, 6) is 0.896. The van der Waals surface area contributed by atoms with Crippen molar-refractivity contribution in [2.45, 2.75) is 19.9 Å². The first-order chi connectivity index (χ1) is 9.38. The summed E-state index contributed by atoms with van der Waals surface area (Å²) in [6.45, 7) is 4.51. The molecule has 0 bridgehead atoms. The lowest BCUT2D eigenvalue weighted by atomic mass is 10.0. The molecule has 0 atom stereocenters. The Morgan fingerprint density at radius 1 is 1.21 bits per heavy atom. The maximum absolute atomic E-state index is 5.46. The molecule has 0 unspecified atom stereocenters. The van der Waals surface area contributed by atoms with Crippen LogP contribution in [0.5, 0.6) is 5.75 Å². The summed E-state index contributed by atoms with van der Waals surface area (Å²) >= 11 is 0. The zero-order valence-corrected chi connectivity index (χ0v) is 11.0. The van der Waals surface area contributed by atoms with Gasteiger partial charge in [-0.05, 0) is 31.2 Å². The fraction of sp³-hybridized carbons (Fsp3) is 0.333. The normalized spacial score (nSPS) is 13.9. The summed E-state index contributed by atoms with van der Waals surface area (Å²) in [6.07, 6.45) is 2.64. The molecular formula is C15H17N3O. The van der Waals surface area contributed by atoms with Gasteiger partial charge in [0, 0.05) is 30.6 Å². The molecule has 0 radical (unpaired) electrons. The Morgan fingerprint density at radius 2 is 2.05 bits per heavy atom. The Morgan fingerprint density at radius 3 is 2.84 bits per heavy atom. The first kappa shape index (κ1) is 12.1. The highest BCUT2D eigenvalue weighted by atomic mass is 16.5. The van der Waals surface area contributed by atoms with Gasteiger partial charge in [-0.3, -0.25) is 0 Å². The van der Waals surface area contributed by atoms with Crippen LogP contribution < -0.4 is 10.1 Å². The van der Waals surface area contributed by atoms with Crippen LogP contribution in [0.3, 0.4) is 0 Å². The van der Waals surface area contributed by atoms with E-state index in [0.717, 1.165) is 42.2 Å². The Kier molecular flexibility index (Phi) is 3.42. The third kappa shape index (κ3) is 2.44. The van der Waals surface area contributed by atoms with E-state index in [2.05, 4.69) is 27.4 Å². The van der Waals surface area contributed by atoms with E-state index in [1.165, 1.54) is 5.56 Å². The van der Waals surface area contributed by atoms with E-state index >= 15 is 0 Å². The number of rotatable bonds is 3. The van der Waals surface area contributed by atoms with Crippen LogP contribution in [-0.2, 0) is 13.0 Å². The predicted molar refractivity (Wildman–Crippen MR) is 74.0 cm³/mol. The number of hydrogen-bond donors (Lipinski definition) is 1. The topological polar surface area (TPSA) is 47.0 Å². The van der Waals surface area contributed by atoms with E-state index < -0.39 is 0 Å². The number of benzene rings is 1. The molecule has 2 aromatic rings. The number of ether oxygens (including phenoxy) is 1. The first-order valence-corrected chi connectivity index (χ1v) is 6.65. The number of nitrogens with zero attached hydrogens (tertiary/aromatic N) is 2. The molecule has 3 rings (SSSR count). The van der Waals surface area contributed by atoms with E-state index in [0.29, 0.717) is 6.61 Å². The fourth-order valence-electron chi connectivity index (χ4n) is 2.39. The number of fused-ring (bicyclic) bond motifs is 1. The van der Waals surface area contributed by atoms with E-state index in [1.807, 2.05) is 19.1 Å². The number of hydrogen-bond acceptors (Lipinski definition) is 4. The van der Waals surface area contributed by atoms with Crippen molar-refractivity contribution in [3.63, 3.8) is 0 Å². The highest BCUT2D eigenvalue weighted by molar-refractivity contribution is 5.64. The molecule has 98 valence electrons. The quantitative estimate of drug-likeness (QED) is 0.913. The smallest absolute Gasteiger partial charge is 0.119 e. The molecule has 0 saturated heterocycles. The molecule has 0 fully saturated rings. The van der Waals surface area contributed by atoms with Gasteiger partial charge in [0.25, 0.3) is 0 Å². The highest BCUT2D eigenvalue weighted by Crippen LogP contribution is 2.26. The molecule has 1 N–H and O–H groups in total. The first-order valence-electron chi connectivity index (χ1n) is 6.65. The SMILES string of the molecule is CCOc1ccc(-c2ncnc3c2CNCC3)cc1. The van der Waals surface area contributed by atoms with Crippen molar-refractivity contribution in [1.82, 2.24) is 15.3 Å². The van der Waals surface area contributed by atoms with Crippen molar-refractivity contribution in [3.05, 3.63) is 41.9 Å². The standard InChI is InChI=1S/C15H17N3O/c1-2-19-12-5-3-11(4-6-12)15-13-9-16-8-7-14(13)17-10-18-15/h3-6,10,16H,2,7-9H2,1H3. The third-order valence-corrected chi connectivity index (χ3v) is 3.31. The molecule has 0 saturated carbocycles. The second-order valence-corrected chi connectivity index (χ2v) is 4.53. The monoisotopic (exact) mass is 255 g/mol. The maximum Gasteiger partial charge on any atom is 0.119 e. The zero-order chi connectivity index (χ0) is 13.1. The molecule has 1 aliphatic heterocycles. The zero-order valence-electron chi connectivity index (χ0n) is 11.0. The Bertz CT molecular complexity index is 566. The lowest BCUT2D eigenvalue weighted by molar-refractivity contribution is 0.340. The van der Waals surface area contributed by atoms with Gasteiger partial charge in [0.1, 0.15) is 12.1 Å². The largest absolute Gasteiger partial charge is 0.494 e. The van der Waals surface area contributed by atoms with Crippen molar-refractivity contribution in [2.75, 3.05) is 13.2 Å². The van der Waals surface area contributed by atoms with Crippen LogP contribution in [0.25, 0.3) is 11.3 Å². The van der Waals surface area contributed by atoms with Gasteiger partial charge in [-0.25, -0.2) is 9.97 Å². The molecule has 19 heavy (non-hydrogen) atoms.